The second kappa shape index (κ2) is 7.57. The lowest BCUT2D eigenvalue weighted by molar-refractivity contribution is -0.145. The number of likely N-dealkylation sites (tertiary alicyclic amines) is 1. The number of fused-ring (bicyclic) bond motifs is 5. The van der Waals surface area contributed by atoms with Crippen LogP contribution in [0.1, 0.15) is 79.1 Å². The summed E-state index contributed by atoms with van der Waals surface area (Å²) in [7, 11) is 4.24. The molecule has 1 aliphatic heterocycles. The summed E-state index contributed by atoms with van der Waals surface area (Å²) in [5, 5.41) is 0. The summed E-state index contributed by atoms with van der Waals surface area (Å²) < 4.78 is 0. The second-order valence-corrected chi connectivity index (χ2v) is 10.9. The number of rotatable bonds is 3. The minimum absolute atomic E-state index is 0.223. The van der Waals surface area contributed by atoms with Gasteiger partial charge in [-0.25, -0.2) is 0 Å². The quantitative estimate of drug-likeness (QED) is 0.679. The molecule has 7 atom stereocenters. The fourth-order valence-corrected chi connectivity index (χ4v) is 8.59. The highest BCUT2D eigenvalue weighted by atomic mass is 16.2. The number of nitrogens with zero attached hydrogens (tertiary/aromatic N) is 3. The fraction of sp³-hybridized carbons (Fsp3) is 0.920. The molecule has 1 heterocycles. The van der Waals surface area contributed by atoms with Gasteiger partial charge < -0.3 is 9.80 Å². The Morgan fingerprint density at radius 3 is 2.38 bits per heavy atom. The van der Waals surface area contributed by atoms with Crippen molar-refractivity contribution < 1.29 is 4.79 Å². The second-order valence-electron chi connectivity index (χ2n) is 10.9. The SMILES string of the molecule is CCN(CC)C(=O)[C@H]1CCC2C3CCC4N(C)C(=NC)CCC4(C)C3CCC21C. The fourth-order valence-electron chi connectivity index (χ4n) is 8.59. The Kier molecular flexibility index (Phi) is 5.53. The largest absolute Gasteiger partial charge is 0.360 e. The number of hydrogen-bond donors (Lipinski definition) is 0. The lowest BCUT2D eigenvalue weighted by atomic mass is 9.47. The molecule has 0 radical (unpaired) electrons. The van der Waals surface area contributed by atoms with Crippen molar-refractivity contribution in [1.29, 1.82) is 0 Å². The highest BCUT2D eigenvalue weighted by molar-refractivity contribution is 5.83. The van der Waals surface area contributed by atoms with Gasteiger partial charge in [-0.05, 0) is 87.4 Å². The summed E-state index contributed by atoms with van der Waals surface area (Å²) in [6.45, 7) is 11.0. The molecule has 29 heavy (non-hydrogen) atoms. The molecule has 0 spiro atoms. The van der Waals surface area contributed by atoms with E-state index in [1.807, 2.05) is 7.05 Å². The Bertz CT molecular complexity index is 671. The monoisotopic (exact) mass is 401 g/mol. The predicted octanol–water partition coefficient (Wildman–Crippen LogP) is 4.84. The molecule has 1 amide bonds. The van der Waals surface area contributed by atoms with Crippen LogP contribution in [-0.2, 0) is 4.79 Å². The Hall–Kier alpha value is -1.06. The predicted molar refractivity (Wildman–Crippen MR) is 120 cm³/mol. The van der Waals surface area contributed by atoms with E-state index < -0.39 is 0 Å². The van der Waals surface area contributed by atoms with Crippen LogP contribution in [0.5, 0.6) is 0 Å². The normalized spacial score (nSPS) is 45.5. The van der Waals surface area contributed by atoms with Crippen LogP contribution in [0.3, 0.4) is 0 Å². The Balaban J connectivity index is 1.58. The Morgan fingerprint density at radius 1 is 1.03 bits per heavy atom. The summed E-state index contributed by atoms with van der Waals surface area (Å²) in [4.78, 5) is 22.5. The van der Waals surface area contributed by atoms with E-state index in [-0.39, 0.29) is 11.3 Å². The first-order valence-corrected chi connectivity index (χ1v) is 12.3. The molecule has 0 N–H and O–H groups in total. The zero-order chi connectivity index (χ0) is 21.0. The van der Waals surface area contributed by atoms with E-state index in [1.54, 1.807) is 0 Å². The number of aliphatic imine (C=N–C) groups is 1. The molecular formula is C25H43N3O. The minimum atomic E-state index is 0.223. The van der Waals surface area contributed by atoms with Gasteiger partial charge in [-0.15, -0.1) is 0 Å². The van der Waals surface area contributed by atoms with Gasteiger partial charge in [0.2, 0.25) is 5.91 Å². The van der Waals surface area contributed by atoms with Gasteiger partial charge in [0.25, 0.3) is 0 Å². The molecule has 4 fully saturated rings. The number of hydrogen-bond acceptors (Lipinski definition) is 2. The zero-order valence-electron chi connectivity index (χ0n) is 19.7. The molecule has 1 saturated heterocycles. The van der Waals surface area contributed by atoms with E-state index in [1.165, 1.54) is 44.4 Å². The molecule has 3 saturated carbocycles. The van der Waals surface area contributed by atoms with Crippen molar-refractivity contribution in [3.63, 3.8) is 0 Å². The number of piperidine rings is 1. The van der Waals surface area contributed by atoms with E-state index in [9.17, 15) is 4.79 Å². The molecule has 0 aromatic rings. The molecule has 0 bridgehead atoms. The van der Waals surface area contributed by atoms with Crippen LogP contribution in [0.2, 0.25) is 0 Å². The minimum Gasteiger partial charge on any atom is -0.360 e. The van der Waals surface area contributed by atoms with E-state index in [0.717, 1.165) is 43.7 Å². The molecule has 3 aliphatic carbocycles. The molecule has 0 aromatic carbocycles. The van der Waals surface area contributed by atoms with Crippen LogP contribution in [0.15, 0.2) is 4.99 Å². The summed E-state index contributed by atoms with van der Waals surface area (Å²) in [6, 6.07) is 0.648. The van der Waals surface area contributed by atoms with Gasteiger partial charge in [-0.2, -0.15) is 0 Å². The van der Waals surface area contributed by atoms with Crippen molar-refractivity contribution in [1.82, 2.24) is 9.80 Å². The van der Waals surface area contributed by atoms with Crippen LogP contribution < -0.4 is 0 Å². The van der Waals surface area contributed by atoms with Crippen molar-refractivity contribution >= 4 is 11.7 Å². The highest BCUT2D eigenvalue weighted by Gasteiger charge is 2.62. The number of carbonyl (C=O) groups excluding carboxylic acids is 1. The Labute approximate surface area is 178 Å². The third-order valence-electron chi connectivity index (χ3n) is 10.2. The summed E-state index contributed by atoms with van der Waals surface area (Å²) in [6.07, 6.45) is 10.0. The molecule has 0 aromatic heterocycles. The maximum absolute atomic E-state index is 13.3. The molecule has 4 heteroatoms. The van der Waals surface area contributed by atoms with Crippen LogP contribution in [0.25, 0.3) is 0 Å². The van der Waals surface area contributed by atoms with Gasteiger partial charge in [-0.3, -0.25) is 9.79 Å². The maximum Gasteiger partial charge on any atom is 0.226 e. The number of amides is 1. The topological polar surface area (TPSA) is 35.9 Å². The third-order valence-corrected chi connectivity index (χ3v) is 10.2. The standard InChI is InChI=1S/C25H43N3O/c1-7-28(8-2)23(29)20-11-10-18-17-9-12-21-25(4,16-14-22(26-5)27(21)6)19(17)13-15-24(18,20)3/h17-21H,7-16H2,1-6H3/t17?,18?,19?,20-,21?,24?,25?/m1/s1. The van der Waals surface area contributed by atoms with Crippen LogP contribution in [-0.4, -0.2) is 54.8 Å². The summed E-state index contributed by atoms with van der Waals surface area (Å²) >= 11 is 0. The molecule has 4 rings (SSSR count). The van der Waals surface area contributed by atoms with Crippen molar-refractivity contribution in [3.05, 3.63) is 0 Å². The lowest BCUT2D eigenvalue weighted by Crippen LogP contribution is -2.61. The summed E-state index contributed by atoms with van der Waals surface area (Å²) in [5.74, 6) is 4.39. The van der Waals surface area contributed by atoms with Crippen molar-refractivity contribution in [2.75, 3.05) is 27.2 Å². The summed E-state index contributed by atoms with van der Waals surface area (Å²) in [5.41, 5.74) is 0.634. The maximum atomic E-state index is 13.3. The van der Waals surface area contributed by atoms with Crippen LogP contribution in [0, 0.1) is 34.5 Å². The average Bonchev–Trinajstić information content (AvgIpc) is 3.06. The average molecular weight is 402 g/mol. The Morgan fingerprint density at radius 2 is 1.72 bits per heavy atom. The van der Waals surface area contributed by atoms with Gasteiger partial charge in [0.05, 0.1) is 5.84 Å². The molecule has 4 nitrogen and oxygen atoms in total. The van der Waals surface area contributed by atoms with E-state index in [2.05, 4.69) is 49.5 Å². The molecule has 164 valence electrons. The molecule has 6 unspecified atom stereocenters. The van der Waals surface area contributed by atoms with Gasteiger partial charge >= 0.3 is 0 Å². The first kappa shape index (κ1) is 21.2. The van der Waals surface area contributed by atoms with Gasteiger partial charge in [0, 0.05) is 45.6 Å². The molecule has 4 aliphatic rings. The first-order valence-electron chi connectivity index (χ1n) is 12.3. The highest BCUT2D eigenvalue weighted by Crippen LogP contribution is 2.66. The van der Waals surface area contributed by atoms with E-state index in [0.29, 0.717) is 17.4 Å². The van der Waals surface area contributed by atoms with Gasteiger partial charge in [-0.1, -0.05) is 13.8 Å². The zero-order valence-corrected chi connectivity index (χ0v) is 19.7. The van der Waals surface area contributed by atoms with Crippen LogP contribution >= 0.6 is 0 Å². The molecular weight excluding hydrogens is 358 g/mol. The van der Waals surface area contributed by atoms with Crippen molar-refractivity contribution in [2.24, 2.45) is 39.5 Å². The number of amidine groups is 1. The van der Waals surface area contributed by atoms with Gasteiger partial charge in [0.15, 0.2) is 0 Å². The lowest BCUT2D eigenvalue weighted by Gasteiger charge is -2.62. The first-order chi connectivity index (χ1) is 13.8. The van der Waals surface area contributed by atoms with E-state index in [4.69, 9.17) is 0 Å². The van der Waals surface area contributed by atoms with Crippen LogP contribution in [0.4, 0.5) is 0 Å². The van der Waals surface area contributed by atoms with Crippen molar-refractivity contribution in [3.8, 4) is 0 Å². The smallest absolute Gasteiger partial charge is 0.226 e. The van der Waals surface area contributed by atoms with E-state index >= 15 is 0 Å². The van der Waals surface area contributed by atoms with Crippen molar-refractivity contribution in [2.45, 2.75) is 85.1 Å². The number of carbonyl (C=O) groups is 1. The van der Waals surface area contributed by atoms with Gasteiger partial charge in [0.1, 0.15) is 0 Å². The third kappa shape index (κ3) is 2.98.